The van der Waals surface area contributed by atoms with E-state index in [1.165, 1.54) is 4.90 Å². The van der Waals surface area contributed by atoms with Crippen molar-refractivity contribution in [2.45, 2.75) is 38.7 Å². The van der Waals surface area contributed by atoms with E-state index in [1.54, 1.807) is 13.1 Å². The van der Waals surface area contributed by atoms with E-state index in [4.69, 9.17) is 4.65 Å². The molecule has 0 aromatic heterocycles. The van der Waals surface area contributed by atoms with Gasteiger partial charge in [0.25, 0.3) is 0 Å². The Morgan fingerprint density at radius 2 is 1.84 bits per heavy atom. The van der Waals surface area contributed by atoms with Crippen LogP contribution in [0, 0.1) is 17.8 Å². The van der Waals surface area contributed by atoms with E-state index >= 15 is 0 Å². The molecular weight excluding hydrogens is 393 g/mol. The molecule has 2 heterocycles. The third kappa shape index (κ3) is 3.02. The number of benzene rings is 2. The number of amides is 2. The lowest BCUT2D eigenvalue weighted by molar-refractivity contribution is -0.138. The summed E-state index contributed by atoms with van der Waals surface area (Å²) in [6.07, 6.45) is 2.28. The number of imide groups is 1. The second-order valence-electron chi connectivity index (χ2n) is 8.92. The summed E-state index contributed by atoms with van der Waals surface area (Å²) >= 11 is 0. The second kappa shape index (κ2) is 7.50. The predicted molar refractivity (Wildman–Crippen MR) is 117 cm³/mol. The van der Waals surface area contributed by atoms with Crippen molar-refractivity contribution in [3.63, 3.8) is 0 Å². The van der Waals surface area contributed by atoms with Crippen LogP contribution in [0.3, 0.4) is 0 Å². The molecule has 2 N–H and O–H groups in total. The van der Waals surface area contributed by atoms with Crippen LogP contribution < -0.4 is 0 Å². The van der Waals surface area contributed by atoms with Crippen molar-refractivity contribution in [2.24, 2.45) is 17.8 Å². The van der Waals surface area contributed by atoms with Gasteiger partial charge in [0.15, 0.2) is 0 Å². The quantitative estimate of drug-likeness (QED) is 0.589. The topological polar surface area (TPSA) is 87.1 Å². The van der Waals surface area contributed by atoms with E-state index in [0.717, 1.165) is 40.2 Å². The molecule has 0 spiro atoms. The van der Waals surface area contributed by atoms with Crippen LogP contribution in [0.15, 0.2) is 47.4 Å². The van der Waals surface area contributed by atoms with Crippen molar-refractivity contribution in [1.29, 1.82) is 0 Å². The maximum Gasteiger partial charge on any atom is 0.487 e. The van der Waals surface area contributed by atoms with Crippen molar-refractivity contribution < 1.29 is 24.4 Å². The lowest BCUT2D eigenvalue weighted by Gasteiger charge is -2.42. The normalized spacial score (nSPS) is 28.4. The molecule has 0 saturated carbocycles. The van der Waals surface area contributed by atoms with Crippen LogP contribution >= 0.6 is 0 Å². The Bertz CT molecular complexity index is 1110. The molecule has 5 rings (SSSR count). The average Bonchev–Trinajstić information content (AvgIpc) is 2.98. The molecule has 2 aromatic rings. The number of hydrogen-bond donors (Lipinski definition) is 2. The average molecular weight is 419 g/mol. The van der Waals surface area contributed by atoms with Crippen molar-refractivity contribution in [3.8, 4) is 5.75 Å². The fraction of sp³-hybridized carbons (Fsp3) is 0.417. The monoisotopic (exact) mass is 419 g/mol. The molecule has 31 heavy (non-hydrogen) atoms. The van der Waals surface area contributed by atoms with Crippen molar-refractivity contribution in [3.05, 3.63) is 53.0 Å². The van der Waals surface area contributed by atoms with Crippen molar-refractivity contribution in [2.75, 3.05) is 7.05 Å². The Balaban J connectivity index is 1.60. The van der Waals surface area contributed by atoms with Crippen molar-refractivity contribution in [1.82, 2.24) is 4.90 Å². The summed E-state index contributed by atoms with van der Waals surface area (Å²) in [4.78, 5) is 27.0. The fourth-order valence-corrected chi connectivity index (χ4v) is 5.89. The van der Waals surface area contributed by atoms with Gasteiger partial charge in [-0.15, -0.1) is 0 Å². The van der Waals surface area contributed by atoms with Gasteiger partial charge in [0.2, 0.25) is 11.8 Å². The van der Waals surface area contributed by atoms with Gasteiger partial charge >= 0.3 is 7.12 Å². The highest BCUT2D eigenvalue weighted by molar-refractivity contribution is 6.53. The third-order valence-electron chi connectivity index (χ3n) is 7.27. The van der Waals surface area contributed by atoms with Crippen LogP contribution in [0.4, 0.5) is 0 Å². The minimum absolute atomic E-state index is 0.115. The zero-order valence-electron chi connectivity index (χ0n) is 17.7. The highest BCUT2D eigenvalue weighted by atomic mass is 16.5. The number of allylic oxidation sites excluding steroid dienone is 2. The molecule has 1 aliphatic carbocycles. The largest absolute Gasteiger partial charge is 0.507 e. The molecule has 2 aliphatic heterocycles. The SMILES string of the molecule is CCCC1=C2B(O)O[C@H](c3ccc(O)c4ccccc34)C[C@H]2[C@H]2C(=O)N(C)C(=O)[C@H]2C1. The Morgan fingerprint density at radius 1 is 1.10 bits per heavy atom. The highest BCUT2D eigenvalue weighted by Gasteiger charge is 2.56. The number of carbonyl (C=O) groups is 2. The Kier molecular flexibility index (Phi) is 4.91. The molecule has 0 radical (unpaired) electrons. The van der Waals surface area contributed by atoms with Crippen LogP contribution in [0.1, 0.15) is 44.3 Å². The van der Waals surface area contributed by atoms with E-state index in [-0.39, 0.29) is 29.4 Å². The maximum atomic E-state index is 13.0. The van der Waals surface area contributed by atoms with Crippen LogP contribution in [0.5, 0.6) is 5.75 Å². The Labute approximate surface area is 181 Å². The lowest BCUT2D eigenvalue weighted by atomic mass is 9.54. The van der Waals surface area contributed by atoms with Gasteiger partial charge in [-0.05, 0) is 47.7 Å². The number of phenolic OH excluding ortho intramolecular Hbond substituents is 1. The van der Waals surface area contributed by atoms with E-state index in [2.05, 4.69) is 6.92 Å². The molecular formula is C24H26BNO5. The molecule has 160 valence electrons. The molecule has 6 nitrogen and oxygen atoms in total. The highest BCUT2D eigenvalue weighted by Crippen LogP contribution is 2.52. The minimum Gasteiger partial charge on any atom is -0.507 e. The second-order valence-corrected chi connectivity index (χ2v) is 8.92. The molecule has 2 aromatic carbocycles. The molecule has 4 atom stereocenters. The van der Waals surface area contributed by atoms with E-state index < -0.39 is 19.1 Å². The number of hydrogen-bond acceptors (Lipinski definition) is 5. The summed E-state index contributed by atoms with van der Waals surface area (Å²) in [6.45, 7) is 2.07. The number of likely N-dealkylation sites (tertiary alicyclic amines) is 1. The van der Waals surface area contributed by atoms with E-state index in [0.29, 0.717) is 12.8 Å². The first-order chi connectivity index (χ1) is 14.9. The first-order valence-electron chi connectivity index (χ1n) is 11.0. The van der Waals surface area contributed by atoms with Gasteiger partial charge in [0.1, 0.15) is 5.75 Å². The predicted octanol–water partition coefficient (Wildman–Crippen LogP) is 3.37. The first kappa shape index (κ1) is 20.3. The third-order valence-corrected chi connectivity index (χ3v) is 7.27. The fourth-order valence-electron chi connectivity index (χ4n) is 5.89. The number of fused-ring (bicyclic) bond motifs is 4. The molecule has 0 bridgehead atoms. The maximum absolute atomic E-state index is 13.0. The molecule has 0 unspecified atom stereocenters. The summed E-state index contributed by atoms with van der Waals surface area (Å²) in [7, 11) is 0.454. The van der Waals surface area contributed by atoms with Gasteiger partial charge in [-0.1, -0.05) is 49.2 Å². The smallest absolute Gasteiger partial charge is 0.487 e. The molecule has 7 heteroatoms. The first-order valence-corrected chi connectivity index (χ1v) is 11.0. The van der Waals surface area contributed by atoms with Crippen LogP contribution in [-0.2, 0) is 14.2 Å². The van der Waals surface area contributed by atoms with Crippen LogP contribution in [0.25, 0.3) is 10.8 Å². The molecule has 2 saturated heterocycles. The minimum atomic E-state index is -1.10. The van der Waals surface area contributed by atoms with Gasteiger partial charge in [0, 0.05) is 12.4 Å². The van der Waals surface area contributed by atoms with Crippen molar-refractivity contribution >= 4 is 29.7 Å². The Hall–Kier alpha value is -2.64. The number of rotatable bonds is 3. The van der Waals surface area contributed by atoms with Gasteiger partial charge in [-0.2, -0.15) is 0 Å². The number of nitrogens with zero attached hydrogens (tertiary/aromatic N) is 1. The van der Waals surface area contributed by atoms with E-state index in [1.807, 2.05) is 30.3 Å². The number of aromatic hydroxyl groups is 1. The van der Waals surface area contributed by atoms with Crippen LogP contribution in [-0.4, -0.2) is 41.0 Å². The summed E-state index contributed by atoms with van der Waals surface area (Å²) < 4.78 is 6.11. The zero-order chi connectivity index (χ0) is 21.9. The lowest BCUT2D eigenvalue weighted by Crippen LogP contribution is -2.44. The van der Waals surface area contributed by atoms with E-state index in [9.17, 15) is 19.7 Å². The van der Waals surface area contributed by atoms with Gasteiger partial charge < -0.3 is 14.8 Å². The van der Waals surface area contributed by atoms with Gasteiger partial charge in [0.05, 0.1) is 17.9 Å². The van der Waals surface area contributed by atoms with Gasteiger partial charge in [-0.3, -0.25) is 14.5 Å². The summed E-state index contributed by atoms with van der Waals surface area (Å²) in [5, 5.41) is 22.9. The van der Waals surface area contributed by atoms with Crippen LogP contribution in [0.2, 0.25) is 0 Å². The number of phenols is 1. The standard InChI is InChI=1S/C24H26BNO5/c1-3-6-13-11-18-21(24(29)26(2)23(18)28)17-12-20(31-25(30)22(13)17)16-9-10-19(27)15-8-5-4-7-14(15)16/h4-5,7-10,17-18,20-21,27,30H,3,6,11-12H2,1-2H3/t17-,18-,20-,21+/m0/s1. The van der Waals surface area contributed by atoms with Gasteiger partial charge in [-0.25, -0.2) is 0 Å². The zero-order valence-corrected chi connectivity index (χ0v) is 17.7. The molecule has 3 aliphatic rings. The molecule has 2 fully saturated rings. The summed E-state index contributed by atoms with van der Waals surface area (Å²) in [5.74, 6) is -1.11. The summed E-state index contributed by atoms with van der Waals surface area (Å²) in [5.41, 5.74) is 2.74. The summed E-state index contributed by atoms with van der Waals surface area (Å²) in [6, 6.07) is 11.0. The number of carbonyl (C=O) groups excluding carboxylic acids is 2. The Morgan fingerprint density at radius 3 is 2.58 bits per heavy atom. The molecule has 2 amide bonds.